The minimum Gasteiger partial charge on any atom is -0.278 e. The molecule has 7 heteroatoms. The number of rotatable bonds is 6. The van der Waals surface area contributed by atoms with E-state index in [1.165, 1.54) is 37.9 Å². The van der Waals surface area contributed by atoms with Crippen LogP contribution in [0.15, 0.2) is 231 Å². The highest BCUT2D eigenvalue weighted by Gasteiger charge is 2.23. The van der Waals surface area contributed by atoms with Crippen LogP contribution in [0.4, 0.5) is 0 Å². The number of benzene rings is 10. The molecule has 0 saturated heterocycles. The zero-order valence-corrected chi connectivity index (χ0v) is 38.8. The van der Waals surface area contributed by atoms with E-state index in [0.717, 1.165) is 92.5 Å². The molecular formula is C64H38N6S. The van der Waals surface area contributed by atoms with Crippen LogP contribution < -0.4 is 0 Å². The Morgan fingerprint density at radius 3 is 1.32 bits per heavy atom. The predicted octanol–water partition coefficient (Wildman–Crippen LogP) is 16.8. The first-order valence-corrected chi connectivity index (χ1v) is 24.7. The highest BCUT2D eigenvalue weighted by Crippen LogP contribution is 2.44. The number of nitrogens with zero attached hydrogens (tertiary/aromatic N) is 6. The first kappa shape index (κ1) is 39.7. The zero-order chi connectivity index (χ0) is 46.6. The van der Waals surface area contributed by atoms with Crippen LogP contribution in [0.5, 0.6) is 0 Å². The average Bonchev–Trinajstić information content (AvgIpc) is 4.13. The molecule has 0 aliphatic rings. The van der Waals surface area contributed by atoms with Crippen molar-refractivity contribution in [2.75, 3.05) is 0 Å². The molecule has 0 amide bonds. The van der Waals surface area contributed by atoms with Gasteiger partial charge in [0.1, 0.15) is 0 Å². The SMILES string of the molecule is c1ccc(-c2cc3nc(-n4c5ccc(-c6ccc7c(c6)c6c8ccccc8ccc6n7-c6nc(-c7ccccc7)c7ccccc7n6)cc5c5c6ccccc6ccc54)nc(-c4ccccc4)c3s2)cc1. The third kappa shape index (κ3) is 6.20. The molecule has 5 heterocycles. The van der Waals surface area contributed by atoms with Gasteiger partial charge in [-0.25, -0.2) is 19.9 Å². The van der Waals surface area contributed by atoms with Crippen molar-refractivity contribution in [3.8, 4) is 56.0 Å². The van der Waals surface area contributed by atoms with Gasteiger partial charge >= 0.3 is 0 Å². The highest BCUT2D eigenvalue weighted by molar-refractivity contribution is 7.22. The maximum absolute atomic E-state index is 5.49. The van der Waals surface area contributed by atoms with Gasteiger partial charge in [-0.3, -0.25) is 9.13 Å². The topological polar surface area (TPSA) is 61.4 Å². The minimum absolute atomic E-state index is 0.640. The zero-order valence-electron chi connectivity index (χ0n) is 38.0. The van der Waals surface area contributed by atoms with Crippen molar-refractivity contribution in [3.63, 3.8) is 0 Å². The standard InChI is InChI=1S/C64H38N6S/c1-4-18-41(19-5-1)57-38-52-62(71-57)61(43-22-8-3-9-23-43)68-64(66-52)70-54-33-31-45(37-50(54)59-47-25-13-11-17-40(47)29-35-56(59)70)44-30-32-53-49(36-44)58-46-24-12-10-16-39(46)28-34-55(58)69(53)63-65-51-27-15-14-26-48(51)60(67-63)42-20-6-2-7-21-42/h1-38H. The summed E-state index contributed by atoms with van der Waals surface area (Å²) in [6.45, 7) is 0. The van der Waals surface area contributed by atoms with E-state index in [1.54, 1.807) is 11.3 Å². The Balaban J connectivity index is 0.966. The number of para-hydroxylation sites is 1. The third-order valence-electron chi connectivity index (χ3n) is 14.1. The Bertz CT molecular complexity index is 4630. The molecule has 0 unspecified atom stereocenters. The van der Waals surface area contributed by atoms with Crippen molar-refractivity contribution in [2.45, 2.75) is 0 Å². The largest absolute Gasteiger partial charge is 0.278 e. The molecule has 5 aromatic heterocycles. The third-order valence-corrected chi connectivity index (χ3v) is 15.3. The lowest BCUT2D eigenvalue weighted by molar-refractivity contribution is 1.01. The number of hydrogen-bond donors (Lipinski definition) is 0. The molecule has 0 aliphatic heterocycles. The Labute approximate surface area is 411 Å². The molecule has 15 aromatic rings. The lowest BCUT2D eigenvalue weighted by Gasteiger charge is -2.12. The summed E-state index contributed by atoms with van der Waals surface area (Å²) < 4.78 is 5.59. The van der Waals surface area contributed by atoms with Crippen molar-refractivity contribution >= 4 is 97.6 Å². The van der Waals surface area contributed by atoms with E-state index in [0.29, 0.717) is 11.9 Å². The highest BCUT2D eigenvalue weighted by atomic mass is 32.1. The summed E-state index contributed by atoms with van der Waals surface area (Å²) in [7, 11) is 0. The molecule has 0 N–H and O–H groups in total. The van der Waals surface area contributed by atoms with E-state index in [9.17, 15) is 0 Å². The van der Waals surface area contributed by atoms with Crippen molar-refractivity contribution < 1.29 is 0 Å². The van der Waals surface area contributed by atoms with Gasteiger partial charge in [0.05, 0.1) is 49.2 Å². The monoisotopic (exact) mass is 922 g/mol. The Morgan fingerprint density at radius 1 is 0.296 bits per heavy atom. The first-order chi connectivity index (χ1) is 35.2. The molecule has 0 bridgehead atoms. The van der Waals surface area contributed by atoms with E-state index in [-0.39, 0.29) is 0 Å². The van der Waals surface area contributed by atoms with Crippen LogP contribution in [-0.4, -0.2) is 29.1 Å². The maximum atomic E-state index is 5.49. The van der Waals surface area contributed by atoms with Gasteiger partial charge in [-0.1, -0.05) is 182 Å². The summed E-state index contributed by atoms with van der Waals surface area (Å²) in [5.41, 5.74) is 13.4. The van der Waals surface area contributed by atoms with E-state index >= 15 is 0 Å². The summed E-state index contributed by atoms with van der Waals surface area (Å²) in [5.74, 6) is 1.28. The van der Waals surface area contributed by atoms with Gasteiger partial charge in [-0.05, 0) is 86.8 Å². The maximum Gasteiger partial charge on any atom is 0.235 e. The molecule has 330 valence electrons. The van der Waals surface area contributed by atoms with Gasteiger partial charge in [-0.2, -0.15) is 0 Å². The van der Waals surface area contributed by atoms with Gasteiger partial charge in [0.2, 0.25) is 11.9 Å². The summed E-state index contributed by atoms with van der Waals surface area (Å²) in [4.78, 5) is 22.7. The molecule has 6 nitrogen and oxygen atoms in total. The first-order valence-electron chi connectivity index (χ1n) is 23.9. The van der Waals surface area contributed by atoms with Crippen LogP contribution in [0.1, 0.15) is 0 Å². The van der Waals surface area contributed by atoms with Crippen molar-refractivity contribution in [3.05, 3.63) is 231 Å². The minimum atomic E-state index is 0.640. The van der Waals surface area contributed by atoms with E-state index in [1.807, 2.05) is 6.07 Å². The second kappa shape index (κ2) is 15.6. The van der Waals surface area contributed by atoms with Crippen LogP contribution in [0, 0.1) is 0 Å². The van der Waals surface area contributed by atoms with Crippen LogP contribution in [0.2, 0.25) is 0 Å². The van der Waals surface area contributed by atoms with Crippen LogP contribution in [-0.2, 0) is 0 Å². The lowest BCUT2D eigenvalue weighted by atomic mass is 9.98. The van der Waals surface area contributed by atoms with Crippen LogP contribution >= 0.6 is 11.3 Å². The van der Waals surface area contributed by atoms with Crippen molar-refractivity contribution in [1.82, 2.24) is 29.1 Å². The van der Waals surface area contributed by atoms with E-state index in [4.69, 9.17) is 19.9 Å². The fourth-order valence-electron chi connectivity index (χ4n) is 10.9. The summed E-state index contributed by atoms with van der Waals surface area (Å²) in [5, 5.41) is 10.4. The number of fused-ring (bicyclic) bond motifs is 12. The smallest absolute Gasteiger partial charge is 0.235 e. The molecule has 0 aliphatic carbocycles. The summed E-state index contributed by atoms with van der Waals surface area (Å²) in [6.07, 6.45) is 0. The molecule has 0 fully saturated rings. The fourth-order valence-corrected chi connectivity index (χ4v) is 12.0. The van der Waals surface area contributed by atoms with Gasteiger partial charge < -0.3 is 0 Å². The lowest BCUT2D eigenvalue weighted by Crippen LogP contribution is -2.03. The second-order valence-corrected chi connectivity index (χ2v) is 19.2. The summed E-state index contributed by atoms with van der Waals surface area (Å²) >= 11 is 1.75. The molecule has 10 aromatic carbocycles. The van der Waals surface area contributed by atoms with Crippen LogP contribution in [0.25, 0.3) is 142 Å². The van der Waals surface area contributed by atoms with Crippen molar-refractivity contribution in [1.29, 1.82) is 0 Å². The molecule has 15 rings (SSSR count). The summed E-state index contributed by atoms with van der Waals surface area (Å²) in [6, 6.07) is 82.1. The van der Waals surface area contributed by atoms with Gasteiger partial charge in [-0.15, -0.1) is 11.3 Å². The van der Waals surface area contributed by atoms with Gasteiger partial charge in [0.15, 0.2) is 0 Å². The van der Waals surface area contributed by atoms with E-state index < -0.39 is 0 Å². The Hall–Kier alpha value is -9.30. The quantitative estimate of drug-likeness (QED) is 0.167. The van der Waals surface area contributed by atoms with Gasteiger partial charge in [0, 0.05) is 42.9 Å². The second-order valence-electron chi connectivity index (χ2n) is 18.2. The molecule has 0 spiro atoms. The Morgan fingerprint density at radius 2 is 0.746 bits per heavy atom. The number of thiophene rings is 1. The van der Waals surface area contributed by atoms with E-state index in [2.05, 4.69) is 234 Å². The fraction of sp³-hybridized carbons (Fsp3) is 0. The molecular weight excluding hydrogens is 885 g/mol. The molecule has 0 atom stereocenters. The Kier molecular flexibility index (Phi) is 8.73. The van der Waals surface area contributed by atoms with Crippen LogP contribution in [0.3, 0.4) is 0 Å². The number of hydrogen-bond acceptors (Lipinski definition) is 5. The van der Waals surface area contributed by atoms with Gasteiger partial charge in [0.25, 0.3) is 0 Å². The van der Waals surface area contributed by atoms with Crippen molar-refractivity contribution in [2.24, 2.45) is 0 Å². The number of aromatic nitrogens is 6. The predicted molar refractivity (Wildman–Crippen MR) is 296 cm³/mol. The average molecular weight is 923 g/mol. The molecule has 0 radical (unpaired) electrons. The molecule has 71 heavy (non-hydrogen) atoms. The normalized spacial score (nSPS) is 11.9. The molecule has 0 saturated carbocycles.